The molecule has 0 aliphatic heterocycles. The summed E-state index contributed by atoms with van der Waals surface area (Å²) in [5.41, 5.74) is 1.65. The second-order valence-corrected chi connectivity index (χ2v) is 5.42. The standard InChI is InChI=1S/C15H12BrClF2/c16-15-11(4-2-6-14(15)19)7-12(9-17)10-3-1-5-13(18)8-10/h1-6,8,12H,7,9H2. The Morgan fingerprint density at radius 2 is 1.84 bits per heavy atom. The van der Waals surface area contributed by atoms with E-state index in [9.17, 15) is 8.78 Å². The fourth-order valence-corrected chi connectivity index (χ4v) is 2.71. The molecule has 2 aromatic carbocycles. The molecule has 0 N–H and O–H groups in total. The van der Waals surface area contributed by atoms with E-state index in [0.717, 1.165) is 11.1 Å². The summed E-state index contributed by atoms with van der Waals surface area (Å²) in [6.45, 7) is 0. The summed E-state index contributed by atoms with van der Waals surface area (Å²) in [5.74, 6) is -0.279. The first-order valence-corrected chi connectivity index (χ1v) is 7.19. The predicted octanol–water partition coefficient (Wildman–Crippen LogP) is 5.29. The third-order valence-electron chi connectivity index (χ3n) is 3.00. The normalized spacial score (nSPS) is 12.4. The molecule has 0 heterocycles. The Morgan fingerprint density at radius 1 is 1.11 bits per heavy atom. The molecule has 1 unspecified atom stereocenters. The smallest absolute Gasteiger partial charge is 0.137 e. The minimum absolute atomic E-state index is 0.0459. The number of halogens is 4. The molecular formula is C15H12BrClF2. The number of alkyl halides is 1. The van der Waals surface area contributed by atoms with Crippen LogP contribution in [-0.4, -0.2) is 5.88 Å². The molecule has 0 radical (unpaired) electrons. The van der Waals surface area contributed by atoms with Crippen molar-refractivity contribution in [3.8, 4) is 0 Å². The molecule has 4 heteroatoms. The van der Waals surface area contributed by atoms with Gasteiger partial charge in [-0.3, -0.25) is 0 Å². The lowest BCUT2D eigenvalue weighted by molar-refractivity contribution is 0.612. The van der Waals surface area contributed by atoms with Crippen LogP contribution in [0.2, 0.25) is 0 Å². The van der Waals surface area contributed by atoms with Gasteiger partial charge in [0.15, 0.2) is 0 Å². The van der Waals surface area contributed by atoms with Crippen LogP contribution in [0.15, 0.2) is 46.9 Å². The van der Waals surface area contributed by atoms with E-state index in [0.29, 0.717) is 16.8 Å². The Labute approximate surface area is 124 Å². The van der Waals surface area contributed by atoms with Gasteiger partial charge in [0.25, 0.3) is 0 Å². The van der Waals surface area contributed by atoms with Crippen LogP contribution >= 0.6 is 27.5 Å². The largest absolute Gasteiger partial charge is 0.207 e. The first kappa shape index (κ1) is 14.5. The van der Waals surface area contributed by atoms with Crippen molar-refractivity contribution in [2.24, 2.45) is 0 Å². The fraction of sp³-hybridized carbons (Fsp3) is 0.200. The average molecular weight is 346 g/mol. The van der Waals surface area contributed by atoms with Crippen molar-refractivity contribution >= 4 is 27.5 Å². The van der Waals surface area contributed by atoms with Gasteiger partial charge in [0.1, 0.15) is 11.6 Å². The summed E-state index contributed by atoms with van der Waals surface area (Å²) >= 11 is 9.20. The van der Waals surface area contributed by atoms with E-state index >= 15 is 0 Å². The van der Waals surface area contributed by atoms with Crippen LogP contribution < -0.4 is 0 Å². The maximum atomic E-state index is 13.5. The van der Waals surface area contributed by atoms with Crippen LogP contribution in [0.5, 0.6) is 0 Å². The van der Waals surface area contributed by atoms with Gasteiger partial charge in [0, 0.05) is 11.8 Å². The van der Waals surface area contributed by atoms with Gasteiger partial charge in [-0.25, -0.2) is 8.78 Å². The summed E-state index contributed by atoms with van der Waals surface area (Å²) in [5, 5.41) is 0. The molecule has 0 nitrogen and oxygen atoms in total. The zero-order valence-electron chi connectivity index (χ0n) is 10.0. The van der Waals surface area contributed by atoms with Crippen molar-refractivity contribution in [1.29, 1.82) is 0 Å². The lowest BCUT2D eigenvalue weighted by Crippen LogP contribution is -2.06. The number of hydrogen-bond acceptors (Lipinski definition) is 0. The monoisotopic (exact) mass is 344 g/mol. The summed E-state index contributed by atoms with van der Waals surface area (Å²) in [6.07, 6.45) is 0.561. The molecule has 19 heavy (non-hydrogen) atoms. The molecule has 0 bridgehead atoms. The molecule has 0 aliphatic carbocycles. The summed E-state index contributed by atoms with van der Waals surface area (Å²) in [6, 6.07) is 11.3. The van der Waals surface area contributed by atoms with E-state index < -0.39 is 0 Å². The minimum Gasteiger partial charge on any atom is -0.207 e. The molecule has 0 spiro atoms. The summed E-state index contributed by atoms with van der Waals surface area (Å²) in [7, 11) is 0. The van der Waals surface area contributed by atoms with Crippen LogP contribution in [0.1, 0.15) is 17.0 Å². The predicted molar refractivity (Wildman–Crippen MR) is 77.7 cm³/mol. The quantitative estimate of drug-likeness (QED) is 0.660. The Hall–Kier alpha value is -0.930. The van der Waals surface area contributed by atoms with E-state index in [1.807, 2.05) is 12.1 Å². The van der Waals surface area contributed by atoms with Gasteiger partial charge in [-0.2, -0.15) is 0 Å². The zero-order chi connectivity index (χ0) is 13.8. The van der Waals surface area contributed by atoms with Crippen LogP contribution in [0.3, 0.4) is 0 Å². The van der Waals surface area contributed by atoms with Crippen molar-refractivity contribution < 1.29 is 8.78 Å². The Kier molecular flexibility index (Phi) is 4.94. The van der Waals surface area contributed by atoms with E-state index in [1.54, 1.807) is 12.1 Å². The molecule has 1 atom stereocenters. The number of rotatable bonds is 4. The average Bonchev–Trinajstić information content (AvgIpc) is 2.40. The molecule has 0 aromatic heterocycles. The highest BCUT2D eigenvalue weighted by Crippen LogP contribution is 2.28. The zero-order valence-corrected chi connectivity index (χ0v) is 12.4. The highest BCUT2D eigenvalue weighted by atomic mass is 79.9. The highest BCUT2D eigenvalue weighted by Gasteiger charge is 2.15. The van der Waals surface area contributed by atoms with Gasteiger partial charge in [0.05, 0.1) is 4.47 Å². The fourth-order valence-electron chi connectivity index (χ4n) is 1.99. The first-order chi connectivity index (χ1) is 9.11. The van der Waals surface area contributed by atoms with Gasteiger partial charge in [-0.15, -0.1) is 11.6 Å². The third-order valence-corrected chi connectivity index (χ3v) is 4.26. The Morgan fingerprint density at radius 3 is 2.53 bits per heavy atom. The minimum atomic E-state index is -0.301. The molecule has 100 valence electrons. The van der Waals surface area contributed by atoms with Crippen molar-refractivity contribution in [1.82, 2.24) is 0 Å². The molecular weight excluding hydrogens is 334 g/mol. The summed E-state index contributed by atoms with van der Waals surface area (Å²) < 4.78 is 27.1. The van der Waals surface area contributed by atoms with Crippen LogP contribution in [0.4, 0.5) is 8.78 Å². The van der Waals surface area contributed by atoms with Gasteiger partial charge in [-0.1, -0.05) is 24.3 Å². The van der Waals surface area contributed by atoms with Crippen LogP contribution in [-0.2, 0) is 6.42 Å². The second-order valence-electron chi connectivity index (χ2n) is 4.32. The van der Waals surface area contributed by atoms with Crippen molar-refractivity contribution in [2.75, 3.05) is 5.88 Å². The first-order valence-electron chi connectivity index (χ1n) is 5.86. The third kappa shape index (κ3) is 3.54. The van der Waals surface area contributed by atoms with Crippen molar-refractivity contribution in [2.45, 2.75) is 12.3 Å². The second kappa shape index (κ2) is 6.49. The molecule has 0 aliphatic rings. The summed E-state index contributed by atoms with van der Waals surface area (Å²) in [4.78, 5) is 0. The molecule has 0 amide bonds. The van der Waals surface area contributed by atoms with Crippen LogP contribution in [0.25, 0.3) is 0 Å². The van der Waals surface area contributed by atoms with E-state index in [2.05, 4.69) is 15.9 Å². The van der Waals surface area contributed by atoms with Crippen LogP contribution in [0, 0.1) is 11.6 Å². The lowest BCUT2D eigenvalue weighted by Gasteiger charge is -2.15. The Bertz CT molecular complexity index is 572. The lowest BCUT2D eigenvalue weighted by atomic mass is 9.93. The maximum absolute atomic E-state index is 13.5. The van der Waals surface area contributed by atoms with Crippen molar-refractivity contribution in [3.05, 3.63) is 69.7 Å². The van der Waals surface area contributed by atoms with E-state index in [1.165, 1.54) is 18.2 Å². The van der Waals surface area contributed by atoms with Gasteiger partial charge in [-0.05, 0) is 51.7 Å². The maximum Gasteiger partial charge on any atom is 0.137 e. The molecule has 0 fully saturated rings. The van der Waals surface area contributed by atoms with Gasteiger partial charge in [0.2, 0.25) is 0 Å². The topological polar surface area (TPSA) is 0 Å². The van der Waals surface area contributed by atoms with Crippen molar-refractivity contribution in [3.63, 3.8) is 0 Å². The molecule has 0 saturated heterocycles. The van der Waals surface area contributed by atoms with E-state index in [4.69, 9.17) is 11.6 Å². The molecule has 2 rings (SSSR count). The highest BCUT2D eigenvalue weighted by molar-refractivity contribution is 9.10. The number of hydrogen-bond donors (Lipinski definition) is 0. The van der Waals surface area contributed by atoms with Gasteiger partial charge >= 0.3 is 0 Å². The van der Waals surface area contributed by atoms with Gasteiger partial charge < -0.3 is 0 Å². The molecule has 2 aromatic rings. The molecule has 0 saturated carbocycles. The van der Waals surface area contributed by atoms with E-state index in [-0.39, 0.29) is 17.6 Å². The Balaban J connectivity index is 2.26. The number of benzene rings is 2. The SMILES string of the molecule is Fc1cccc(C(CCl)Cc2cccc(F)c2Br)c1.